The number of allylic oxidation sites excluding steroid dienone is 1. The van der Waals surface area contributed by atoms with Crippen molar-refractivity contribution < 1.29 is 4.79 Å². The van der Waals surface area contributed by atoms with Gasteiger partial charge in [0.05, 0.1) is 22.5 Å². The molecule has 0 aliphatic heterocycles. The number of nitrogens with zero attached hydrogens (tertiary/aromatic N) is 4. The van der Waals surface area contributed by atoms with Crippen LogP contribution in [-0.4, -0.2) is 20.5 Å². The molecule has 0 spiro atoms. The summed E-state index contributed by atoms with van der Waals surface area (Å²) in [6.45, 7) is 0. The van der Waals surface area contributed by atoms with Crippen molar-refractivity contribution in [1.82, 2.24) is 14.8 Å². The molecule has 2 heterocycles. The van der Waals surface area contributed by atoms with Crippen LogP contribution in [-0.2, 0) is 11.8 Å². The summed E-state index contributed by atoms with van der Waals surface area (Å²) in [6, 6.07) is 9.65. The van der Waals surface area contributed by atoms with E-state index in [9.17, 15) is 10.1 Å². The lowest BCUT2D eigenvalue weighted by atomic mass is 10.1. The molecule has 2 aromatic heterocycles. The van der Waals surface area contributed by atoms with Gasteiger partial charge in [0.2, 0.25) is 0 Å². The molecule has 0 amide bonds. The number of carbonyl (C=O) groups is 1. The smallest absolute Gasteiger partial charge is 0.179 e. The monoisotopic (exact) mass is 308 g/mol. The first-order chi connectivity index (χ1) is 10.7. The number of hydrogen-bond donors (Lipinski definition) is 0. The quantitative estimate of drug-likeness (QED) is 0.695. The minimum Gasteiger partial charge on any atom is -0.293 e. The van der Waals surface area contributed by atoms with Gasteiger partial charge in [0.25, 0.3) is 0 Å². The number of nitriles is 1. The van der Waals surface area contributed by atoms with Gasteiger partial charge in [-0.25, -0.2) is 4.98 Å². The van der Waals surface area contributed by atoms with Gasteiger partial charge in [-0.2, -0.15) is 10.4 Å². The largest absolute Gasteiger partial charge is 0.293 e. The van der Waals surface area contributed by atoms with Crippen molar-refractivity contribution in [2.24, 2.45) is 7.05 Å². The lowest BCUT2D eigenvalue weighted by Gasteiger charge is -1.99. The van der Waals surface area contributed by atoms with Crippen molar-refractivity contribution >= 4 is 33.4 Å². The SMILES string of the molecule is Cn1cc(/C=C/C(=O)[C@@H](C#N)c2nc3ccccc3s2)cn1. The predicted octanol–water partition coefficient (Wildman–Crippen LogP) is 2.92. The van der Waals surface area contributed by atoms with Crippen LogP contribution >= 0.6 is 11.3 Å². The molecule has 0 N–H and O–H groups in total. The predicted molar refractivity (Wildman–Crippen MR) is 85.2 cm³/mol. The Morgan fingerprint density at radius 2 is 2.27 bits per heavy atom. The second kappa shape index (κ2) is 5.92. The van der Waals surface area contributed by atoms with E-state index >= 15 is 0 Å². The number of benzene rings is 1. The third-order valence-electron chi connectivity index (χ3n) is 3.14. The maximum absolute atomic E-state index is 12.3. The summed E-state index contributed by atoms with van der Waals surface area (Å²) < 4.78 is 2.63. The van der Waals surface area contributed by atoms with Crippen LogP contribution in [0.25, 0.3) is 16.3 Å². The average molecular weight is 308 g/mol. The summed E-state index contributed by atoms with van der Waals surface area (Å²) in [6.07, 6.45) is 6.52. The maximum Gasteiger partial charge on any atom is 0.179 e. The van der Waals surface area contributed by atoms with Crippen molar-refractivity contribution in [3.63, 3.8) is 0 Å². The van der Waals surface area contributed by atoms with Gasteiger partial charge < -0.3 is 0 Å². The number of fused-ring (bicyclic) bond motifs is 1. The number of aromatic nitrogens is 3. The molecule has 1 aromatic carbocycles. The molecule has 1 atom stereocenters. The molecule has 0 unspecified atom stereocenters. The zero-order valence-electron chi connectivity index (χ0n) is 11.8. The summed E-state index contributed by atoms with van der Waals surface area (Å²) in [5.74, 6) is -1.14. The van der Waals surface area contributed by atoms with Crippen LogP contribution in [0.3, 0.4) is 0 Å². The lowest BCUT2D eigenvalue weighted by Crippen LogP contribution is -2.07. The van der Waals surface area contributed by atoms with E-state index in [4.69, 9.17) is 0 Å². The molecule has 0 fully saturated rings. The normalized spacial score (nSPS) is 12.5. The number of para-hydroxylation sites is 1. The van der Waals surface area contributed by atoms with Crippen molar-refractivity contribution in [1.29, 1.82) is 5.26 Å². The van der Waals surface area contributed by atoms with Gasteiger partial charge >= 0.3 is 0 Å². The highest BCUT2D eigenvalue weighted by atomic mass is 32.1. The number of thiazole rings is 1. The second-order valence-corrected chi connectivity index (χ2v) is 5.83. The average Bonchev–Trinajstić information content (AvgIpc) is 3.11. The fourth-order valence-corrected chi connectivity index (χ4v) is 3.08. The summed E-state index contributed by atoms with van der Waals surface area (Å²) >= 11 is 1.38. The Balaban J connectivity index is 1.85. The first kappa shape index (κ1) is 14.2. The molecule has 0 saturated heterocycles. The van der Waals surface area contributed by atoms with E-state index in [0.717, 1.165) is 15.8 Å². The van der Waals surface area contributed by atoms with E-state index in [1.807, 2.05) is 30.3 Å². The summed E-state index contributed by atoms with van der Waals surface area (Å²) in [4.78, 5) is 16.7. The zero-order valence-corrected chi connectivity index (χ0v) is 12.6. The summed E-state index contributed by atoms with van der Waals surface area (Å²) in [5, 5.41) is 13.9. The Morgan fingerprint density at radius 1 is 1.45 bits per heavy atom. The van der Waals surface area contributed by atoms with Crippen LogP contribution in [0.2, 0.25) is 0 Å². The molecule has 0 aliphatic rings. The molecule has 108 valence electrons. The maximum atomic E-state index is 12.3. The first-order valence-electron chi connectivity index (χ1n) is 6.63. The molecule has 5 nitrogen and oxygen atoms in total. The molecule has 22 heavy (non-hydrogen) atoms. The Kier molecular flexibility index (Phi) is 3.81. The minimum atomic E-state index is -0.870. The van der Waals surface area contributed by atoms with E-state index < -0.39 is 5.92 Å². The van der Waals surface area contributed by atoms with Crippen LogP contribution in [0.4, 0.5) is 0 Å². The van der Waals surface area contributed by atoms with Gasteiger partial charge in [-0.3, -0.25) is 9.48 Å². The van der Waals surface area contributed by atoms with Crippen LogP contribution in [0.1, 0.15) is 16.5 Å². The van der Waals surface area contributed by atoms with Gasteiger partial charge in [-0.05, 0) is 24.3 Å². The van der Waals surface area contributed by atoms with E-state index in [1.54, 1.807) is 30.2 Å². The van der Waals surface area contributed by atoms with E-state index in [2.05, 4.69) is 10.1 Å². The van der Waals surface area contributed by atoms with Crippen LogP contribution in [0.15, 0.2) is 42.7 Å². The van der Waals surface area contributed by atoms with E-state index in [-0.39, 0.29) is 5.78 Å². The van der Waals surface area contributed by atoms with Crippen molar-refractivity contribution in [2.45, 2.75) is 5.92 Å². The minimum absolute atomic E-state index is 0.273. The molecular formula is C16H12N4OS. The Bertz CT molecular complexity index is 867. The standard InChI is InChI=1S/C16H12N4OS/c1-20-10-11(9-18-20)6-7-14(21)12(8-17)16-19-13-4-2-3-5-15(13)22-16/h2-7,9-10,12H,1H3/b7-6+/t12-/m1/s1. The van der Waals surface area contributed by atoms with Crippen LogP contribution < -0.4 is 0 Å². The van der Waals surface area contributed by atoms with Gasteiger partial charge in [0, 0.05) is 18.8 Å². The first-order valence-corrected chi connectivity index (χ1v) is 7.44. The molecular weight excluding hydrogens is 296 g/mol. The van der Waals surface area contributed by atoms with Crippen molar-refractivity contribution in [3.8, 4) is 6.07 Å². The van der Waals surface area contributed by atoms with Crippen molar-refractivity contribution in [3.05, 3.63) is 53.3 Å². The Morgan fingerprint density at radius 3 is 2.95 bits per heavy atom. The molecule has 0 aliphatic carbocycles. The molecule has 3 aromatic rings. The Labute approximate surface area is 131 Å². The number of hydrogen-bond acceptors (Lipinski definition) is 5. The summed E-state index contributed by atoms with van der Waals surface area (Å²) in [5.41, 5.74) is 1.63. The number of aryl methyl sites for hydroxylation is 1. The van der Waals surface area contributed by atoms with Crippen molar-refractivity contribution in [2.75, 3.05) is 0 Å². The van der Waals surface area contributed by atoms with Gasteiger partial charge in [-0.15, -0.1) is 11.3 Å². The number of ketones is 1. The third kappa shape index (κ3) is 2.80. The third-order valence-corrected chi connectivity index (χ3v) is 4.24. The fourth-order valence-electron chi connectivity index (χ4n) is 2.05. The molecule has 0 bridgehead atoms. The van der Waals surface area contributed by atoms with Crippen LogP contribution in [0.5, 0.6) is 0 Å². The molecule has 6 heteroatoms. The number of carbonyl (C=O) groups excluding carboxylic acids is 1. The van der Waals surface area contributed by atoms with E-state index in [1.165, 1.54) is 17.4 Å². The molecule has 0 radical (unpaired) electrons. The van der Waals surface area contributed by atoms with Gasteiger partial charge in [0.1, 0.15) is 5.01 Å². The van der Waals surface area contributed by atoms with Gasteiger partial charge in [-0.1, -0.05) is 12.1 Å². The fraction of sp³-hybridized carbons (Fsp3) is 0.125. The highest BCUT2D eigenvalue weighted by molar-refractivity contribution is 7.18. The van der Waals surface area contributed by atoms with Crippen LogP contribution in [0, 0.1) is 11.3 Å². The van der Waals surface area contributed by atoms with E-state index in [0.29, 0.717) is 5.01 Å². The number of rotatable bonds is 4. The highest BCUT2D eigenvalue weighted by Crippen LogP contribution is 2.28. The lowest BCUT2D eigenvalue weighted by molar-refractivity contribution is -0.114. The topological polar surface area (TPSA) is 71.6 Å². The highest BCUT2D eigenvalue weighted by Gasteiger charge is 2.21. The van der Waals surface area contributed by atoms with Gasteiger partial charge in [0.15, 0.2) is 11.7 Å². The molecule has 0 saturated carbocycles. The molecule has 3 rings (SSSR count). The zero-order chi connectivity index (χ0) is 15.5. The second-order valence-electron chi connectivity index (χ2n) is 4.76. The summed E-state index contributed by atoms with van der Waals surface area (Å²) in [7, 11) is 1.80. The Hall–Kier alpha value is -2.78.